The van der Waals surface area contributed by atoms with Crippen molar-refractivity contribution < 1.29 is 5.11 Å². The van der Waals surface area contributed by atoms with Crippen LogP contribution < -0.4 is 0 Å². The molecular weight excluding hydrogens is 192 g/mol. The van der Waals surface area contributed by atoms with E-state index in [-0.39, 0.29) is 0 Å². The fourth-order valence-electron chi connectivity index (χ4n) is 1.99. The van der Waals surface area contributed by atoms with Gasteiger partial charge in [-0.1, -0.05) is 26.7 Å². The first-order valence-electron chi connectivity index (χ1n) is 5.31. The van der Waals surface area contributed by atoms with Crippen LogP contribution in [0.1, 0.15) is 43.4 Å². The second-order valence-corrected chi connectivity index (χ2v) is 5.36. The summed E-state index contributed by atoms with van der Waals surface area (Å²) in [5.74, 6) is 0.362. The van der Waals surface area contributed by atoms with Crippen molar-refractivity contribution in [3.8, 4) is 0 Å². The van der Waals surface area contributed by atoms with E-state index in [0.717, 1.165) is 17.7 Å². The topological polar surface area (TPSA) is 20.2 Å². The number of thiophene rings is 1. The molecule has 1 aromatic heterocycles. The van der Waals surface area contributed by atoms with Crippen molar-refractivity contribution in [3.63, 3.8) is 0 Å². The van der Waals surface area contributed by atoms with E-state index in [1.165, 1.54) is 4.88 Å². The van der Waals surface area contributed by atoms with Crippen LogP contribution in [0.5, 0.6) is 0 Å². The Balaban J connectivity index is 2.93. The maximum absolute atomic E-state index is 10.5. The largest absolute Gasteiger partial charge is 0.384 e. The summed E-state index contributed by atoms with van der Waals surface area (Å²) in [6.45, 7) is 8.30. The predicted molar refractivity (Wildman–Crippen MR) is 62.7 cm³/mol. The Labute approximate surface area is 90.8 Å². The van der Waals surface area contributed by atoms with Gasteiger partial charge in [0.2, 0.25) is 0 Å². The lowest BCUT2D eigenvalue weighted by molar-refractivity contribution is -0.00609. The molecule has 0 aliphatic rings. The molecule has 1 unspecified atom stereocenters. The summed E-state index contributed by atoms with van der Waals surface area (Å²) >= 11 is 1.70. The first-order valence-corrected chi connectivity index (χ1v) is 6.13. The molecule has 0 spiro atoms. The van der Waals surface area contributed by atoms with Gasteiger partial charge in [0.1, 0.15) is 0 Å². The van der Waals surface area contributed by atoms with Crippen LogP contribution in [0.15, 0.2) is 12.1 Å². The molecule has 0 bridgehead atoms. The molecule has 0 aromatic carbocycles. The van der Waals surface area contributed by atoms with Crippen molar-refractivity contribution >= 4 is 11.3 Å². The minimum absolute atomic E-state index is 0.362. The van der Waals surface area contributed by atoms with Gasteiger partial charge in [-0.15, -0.1) is 11.3 Å². The van der Waals surface area contributed by atoms with E-state index < -0.39 is 5.60 Å². The summed E-state index contributed by atoms with van der Waals surface area (Å²) in [7, 11) is 0. The summed E-state index contributed by atoms with van der Waals surface area (Å²) in [6, 6.07) is 4.13. The van der Waals surface area contributed by atoms with Crippen LogP contribution in [0.4, 0.5) is 0 Å². The zero-order valence-electron chi connectivity index (χ0n) is 9.50. The highest BCUT2D eigenvalue weighted by atomic mass is 32.1. The standard InChI is InChI=1S/C12H20OS/c1-5-10(6-2)12(4,13)11-8-7-9(3)14-11/h7-8,10,13H,5-6H2,1-4H3. The van der Waals surface area contributed by atoms with E-state index >= 15 is 0 Å². The fraction of sp³-hybridized carbons (Fsp3) is 0.667. The van der Waals surface area contributed by atoms with E-state index in [1.807, 2.05) is 6.92 Å². The SMILES string of the molecule is CCC(CC)C(C)(O)c1ccc(C)s1. The monoisotopic (exact) mass is 212 g/mol. The van der Waals surface area contributed by atoms with Crippen LogP contribution in [0.2, 0.25) is 0 Å². The number of rotatable bonds is 4. The Kier molecular flexibility index (Phi) is 3.73. The van der Waals surface area contributed by atoms with Crippen LogP contribution in [0.3, 0.4) is 0 Å². The van der Waals surface area contributed by atoms with E-state index in [9.17, 15) is 5.11 Å². The van der Waals surface area contributed by atoms with Gasteiger partial charge >= 0.3 is 0 Å². The Morgan fingerprint density at radius 2 is 1.93 bits per heavy atom. The summed E-state index contributed by atoms with van der Waals surface area (Å²) in [5, 5.41) is 10.5. The molecule has 0 amide bonds. The summed E-state index contributed by atoms with van der Waals surface area (Å²) in [4.78, 5) is 2.37. The average Bonchev–Trinajstić information content (AvgIpc) is 2.54. The molecule has 0 saturated heterocycles. The molecule has 0 fully saturated rings. The first-order chi connectivity index (χ1) is 6.52. The Bertz CT molecular complexity index is 284. The van der Waals surface area contributed by atoms with Gasteiger partial charge in [-0.3, -0.25) is 0 Å². The molecule has 2 heteroatoms. The van der Waals surface area contributed by atoms with Gasteiger partial charge < -0.3 is 5.11 Å². The zero-order valence-corrected chi connectivity index (χ0v) is 10.3. The summed E-state index contributed by atoms with van der Waals surface area (Å²) < 4.78 is 0. The summed E-state index contributed by atoms with van der Waals surface area (Å²) in [6.07, 6.45) is 2.06. The van der Waals surface area contributed by atoms with Crippen molar-refractivity contribution in [3.05, 3.63) is 21.9 Å². The van der Waals surface area contributed by atoms with Crippen LogP contribution in [-0.4, -0.2) is 5.11 Å². The molecule has 0 aliphatic heterocycles. The van der Waals surface area contributed by atoms with Gasteiger partial charge in [0, 0.05) is 9.75 Å². The smallest absolute Gasteiger partial charge is 0.0987 e. The predicted octanol–water partition coefficient (Wildman–Crippen LogP) is 3.70. The molecule has 0 aliphatic carbocycles. The molecule has 1 aromatic rings. The van der Waals surface area contributed by atoms with Crippen LogP contribution in [-0.2, 0) is 5.60 Å². The van der Waals surface area contributed by atoms with Crippen LogP contribution in [0, 0.1) is 12.8 Å². The van der Waals surface area contributed by atoms with Gasteiger partial charge in [-0.25, -0.2) is 0 Å². The molecule has 1 heterocycles. The van der Waals surface area contributed by atoms with Crippen molar-refractivity contribution in [2.75, 3.05) is 0 Å². The number of aryl methyl sites for hydroxylation is 1. The maximum atomic E-state index is 10.5. The molecule has 14 heavy (non-hydrogen) atoms. The second-order valence-electron chi connectivity index (χ2n) is 4.07. The molecular formula is C12H20OS. The van der Waals surface area contributed by atoms with Gasteiger partial charge in [0.15, 0.2) is 0 Å². The number of hydrogen-bond donors (Lipinski definition) is 1. The quantitative estimate of drug-likeness (QED) is 0.807. The second kappa shape index (κ2) is 4.45. The lowest BCUT2D eigenvalue weighted by atomic mass is 9.84. The van der Waals surface area contributed by atoms with E-state index in [1.54, 1.807) is 11.3 Å². The third-order valence-electron chi connectivity index (χ3n) is 3.02. The third kappa shape index (κ3) is 2.18. The lowest BCUT2D eigenvalue weighted by Gasteiger charge is -2.30. The lowest BCUT2D eigenvalue weighted by Crippen LogP contribution is -2.30. The van der Waals surface area contributed by atoms with Gasteiger partial charge in [-0.05, 0) is 31.9 Å². The van der Waals surface area contributed by atoms with Gasteiger partial charge in [0.25, 0.3) is 0 Å². The molecule has 1 rings (SSSR count). The van der Waals surface area contributed by atoms with E-state index in [2.05, 4.69) is 32.9 Å². The normalized spacial score (nSPS) is 15.9. The van der Waals surface area contributed by atoms with Crippen LogP contribution in [0.25, 0.3) is 0 Å². The third-order valence-corrected chi connectivity index (χ3v) is 4.25. The molecule has 1 N–H and O–H groups in total. The number of hydrogen-bond acceptors (Lipinski definition) is 2. The number of aliphatic hydroxyl groups is 1. The minimum Gasteiger partial charge on any atom is -0.384 e. The average molecular weight is 212 g/mol. The first kappa shape index (κ1) is 11.7. The highest BCUT2D eigenvalue weighted by Gasteiger charge is 2.32. The Hall–Kier alpha value is -0.340. The van der Waals surface area contributed by atoms with E-state index in [0.29, 0.717) is 5.92 Å². The molecule has 80 valence electrons. The molecule has 1 atom stereocenters. The van der Waals surface area contributed by atoms with Crippen molar-refractivity contribution in [2.24, 2.45) is 5.92 Å². The minimum atomic E-state index is -0.650. The van der Waals surface area contributed by atoms with Crippen molar-refractivity contribution in [2.45, 2.75) is 46.1 Å². The van der Waals surface area contributed by atoms with E-state index in [4.69, 9.17) is 0 Å². The highest BCUT2D eigenvalue weighted by molar-refractivity contribution is 7.12. The zero-order chi connectivity index (χ0) is 10.8. The van der Waals surface area contributed by atoms with Crippen molar-refractivity contribution in [1.29, 1.82) is 0 Å². The Morgan fingerprint density at radius 1 is 1.36 bits per heavy atom. The molecule has 0 radical (unpaired) electrons. The fourth-order valence-corrected chi connectivity index (χ4v) is 2.98. The summed E-state index contributed by atoms with van der Waals surface area (Å²) in [5.41, 5.74) is -0.650. The highest BCUT2D eigenvalue weighted by Crippen LogP contribution is 2.37. The van der Waals surface area contributed by atoms with Gasteiger partial charge in [-0.2, -0.15) is 0 Å². The van der Waals surface area contributed by atoms with Gasteiger partial charge in [0.05, 0.1) is 5.60 Å². The molecule has 0 saturated carbocycles. The maximum Gasteiger partial charge on any atom is 0.0987 e. The molecule has 1 nitrogen and oxygen atoms in total. The van der Waals surface area contributed by atoms with Crippen LogP contribution >= 0.6 is 11.3 Å². The van der Waals surface area contributed by atoms with Crippen molar-refractivity contribution in [1.82, 2.24) is 0 Å². The Morgan fingerprint density at radius 3 is 2.29 bits per heavy atom.